The second-order valence-electron chi connectivity index (χ2n) is 12.3. The summed E-state index contributed by atoms with van der Waals surface area (Å²) in [5.74, 6) is -3.05. The molecule has 0 aliphatic carbocycles. The topological polar surface area (TPSA) is 127 Å². The van der Waals surface area contributed by atoms with Gasteiger partial charge in [-0.05, 0) is 50.7 Å². The summed E-state index contributed by atoms with van der Waals surface area (Å²) in [5.41, 5.74) is -0.727. The third-order valence-electron chi connectivity index (χ3n) is 9.73. The van der Waals surface area contributed by atoms with Crippen molar-refractivity contribution in [1.82, 2.24) is 24.8 Å². The third-order valence-corrected chi connectivity index (χ3v) is 9.73. The molecule has 1 aromatic heterocycles. The number of ether oxygens (including phenoxy) is 2. The van der Waals surface area contributed by atoms with E-state index in [2.05, 4.69) is 23.5 Å². The molecule has 2 unspecified atom stereocenters. The molecule has 3 saturated heterocycles. The second kappa shape index (κ2) is 12.2. The number of benzene rings is 1. The first-order chi connectivity index (χ1) is 20.7. The average Bonchev–Trinajstić information content (AvgIpc) is 3.71. The molecule has 5 rings (SSSR count). The van der Waals surface area contributed by atoms with Crippen molar-refractivity contribution < 1.29 is 29.0 Å². The Kier molecular flexibility index (Phi) is 8.76. The zero-order valence-corrected chi connectivity index (χ0v) is 25.4. The Labute approximate surface area is 252 Å². The Morgan fingerprint density at radius 3 is 2.74 bits per heavy atom. The number of esters is 1. The number of likely N-dealkylation sites (tertiary alicyclic amines) is 1. The van der Waals surface area contributed by atoms with Gasteiger partial charge >= 0.3 is 5.97 Å². The van der Waals surface area contributed by atoms with Gasteiger partial charge in [-0.25, -0.2) is 4.68 Å². The van der Waals surface area contributed by atoms with Crippen LogP contribution in [0.25, 0.3) is 11.0 Å². The lowest BCUT2D eigenvalue weighted by Crippen LogP contribution is -2.60. The zero-order valence-electron chi connectivity index (χ0n) is 25.4. The van der Waals surface area contributed by atoms with Crippen LogP contribution in [0.15, 0.2) is 49.6 Å². The number of hydrogen-bond acceptors (Lipinski definition) is 8. The Balaban J connectivity index is 1.55. The minimum atomic E-state index is -1.24. The van der Waals surface area contributed by atoms with Gasteiger partial charge in [-0.15, -0.1) is 18.3 Å². The lowest BCUT2D eigenvalue weighted by atomic mass is 9.66. The Morgan fingerprint density at radius 2 is 2.05 bits per heavy atom. The van der Waals surface area contributed by atoms with E-state index < -0.39 is 41.1 Å². The fraction of sp³-hybridized carbons (Fsp3) is 0.594. The Morgan fingerprint density at radius 1 is 1.28 bits per heavy atom. The molecule has 3 aliphatic rings. The minimum Gasteiger partial charge on any atom is -0.465 e. The first kappa shape index (κ1) is 30.9. The maximum Gasteiger partial charge on any atom is 0.312 e. The van der Waals surface area contributed by atoms with Crippen molar-refractivity contribution >= 4 is 28.8 Å². The summed E-state index contributed by atoms with van der Waals surface area (Å²) < 4.78 is 14.0. The maximum atomic E-state index is 14.8. The first-order valence-corrected chi connectivity index (χ1v) is 15.3. The SMILES string of the molecule is C=CCCCOC(=O)[C@@H]1[C@H]2C(=O)N([C@@H](CO)[C@@H](C)CC)C(C(=O)N(CC=C)Cn3nnc4ccccc43)C23CC[C@@]1(C)O3. The van der Waals surface area contributed by atoms with Crippen molar-refractivity contribution in [2.75, 3.05) is 19.8 Å². The van der Waals surface area contributed by atoms with Gasteiger partial charge in [0, 0.05) is 6.54 Å². The highest BCUT2D eigenvalue weighted by atomic mass is 16.6. The van der Waals surface area contributed by atoms with Crippen LogP contribution in [-0.2, 0) is 30.5 Å². The van der Waals surface area contributed by atoms with Crippen LogP contribution in [0.1, 0.15) is 52.9 Å². The molecule has 0 radical (unpaired) electrons. The van der Waals surface area contributed by atoms with Gasteiger partial charge in [-0.1, -0.05) is 49.8 Å². The van der Waals surface area contributed by atoms with Crippen LogP contribution in [0.4, 0.5) is 0 Å². The van der Waals surface area contributed by atoms with Gasteiger partial charge in [0.2, 0.25) is 11.8 Å². The minimum absolute atomic E-state index is 0.0732. The number of nitrogens with zero attached hydrogens (tertiary/aromatic N) is 5. The molecule has 4 heterocycles. The number of aliphatic hydroxyl groups is 1. The van der Waals surface area contributed by atoms with E-state index in [-0.39, 0.29) is 44.2 Å². The number of carbonyl (C=O) groups is 3. The number of unbranched alkanes of at least 4 members (excludes halogenated alkanes) is 1. The van der Waals surface area contributed by atoms with Crippen molar-refractivity contribution in [3.8, 4) is 0 Å². The van der Waals surface area contributed by atoms with E-state index in [1.165, 1.54) is 4.90 Å². The number of aliphatic hydroxyl groups excluding tert-OH is 1. The van der Waals surface area contributed by atoms with Crippen molar-refractivity contribution in [1.29, 1.82) is 0 Å². The molecule has 2 bridgehead atoms. The molecule has 43 heavy (non-hydrogen) atoms. The lowest BCUT2D eigenvalue weighted by Gasteiger charge is -2.41. The van der Waals surface area contributed by atoms with Gasteiger partial charge in [0.1, 0.15) is 29.7 Å². The van der Waals surface area contributed by atoms with Gasteiger partial charge in [0.25, 0.3) is 0 Å². The van der Waals surface area contributed by atoms with Gasteiger partial charge in [0.15, 0.2) is 0 Å². The normalized spacial score (nSPS) is 29.0. The van der Waals surface area contributed by atoms with Crippen LogP contribution in [0.2, 0.25) is 0 Å². The number of aromatic nitrogens is 3. The molecule has 7 atom stereocenters. The van der Waals surface area contributed by atoms with Crippen LogP contribution in [0.3, 0.4) is 0 Å². The summed E-state index contributed by atoms with van der Waals surface area (Å²) in [6.45, 7) is 13.5. The van der Waals surface area contributed by atoms with E-state index in [1.54, 1.807) is 21.7 Å². The van der Waals surface area contributed by atoms with E-state index in [1.807, 2.05) is 45.0 Å². The Hall–Kier alpha value is -3.57. The molecule has 232 valence electrons. The number of amides is 2. The molecule has 11 nitrogen and oxygen atoms in total. The van der Waals surface area contributed by atoms with Crippen LogP contribution in [0.5, 0.6) is 0 Å². The molecule has 0 saturated carbocycles. The second-order valence-corrected chi connectivity index (χ2v) is 12.3. The van der Waals surface area contributed by atoms with Crippen molar-refractivity contribution in [2.24, 2.45) is 17.8 Å². The fourth-order valence-electron chi connectivity index (χ4n) is 7.39. The number of para-hydroxylation sites is 1. The van der Waals surface area contributed by atoms with Crippen LogP contribution < -0.4 is 0 Å². The molecular formula is C32H43N5O6. The highest BCUT2D eigenvalue weighted by molar-refractivity contribution is 5.98. The van der Waals surface area contributed by atoms with E-state index in [0.29, 0.717) is 37.6 Å². The largest absolute Gasteiger partial charge is 0.465 e. The third kappa shape index (κ3) is 5.06. The first-order valence-electron chi connectivity index (χ1n) is 15.3. The summed E-state index contributed by atoms with van der Waals surface area (Å²) in [6, 6.07) is 5.79. The van der Waals surface area contributed by atoms with E-state index in [0.717, 1.165) is 5.52 Å². The zero-order chi connectivity index (χ0) is 30.9. The standard InChI is InChI=1S/C32H43N5O6/c1-6-9-12-18-42-30(41)26-25-28(39)37(24(19-38)21(4)8-3)27(32(25)16-15-31(26,5)43-32)29(40)35(17-7-2)20-36-23-14-11-10-13-22(23)33-34-36/h6-7,10-11,13-14,21,24-27,38H,1-2,8-9,12,15-20H2,3-5H3/t21-,24-,25-,26-,27?,31+,32?/m0/s1. The predicted octanol–water partition coefficient (Wildman–Crippen LogP) is 3.08. The Bertz CT molecular complexity index is 1390. The van der Waals surface area contributed by atoms with E-state index in [4.69, 9.17) is 9.47 Å². The number of carbonyl (C=O) groups excluding carboxylic acids is 3. The predicted molar refractivity (Wildman–Crippen MR) is 159 cm³/mol. The number of rotatable bonds is 14. The summed E-state index contributed by atoms with van der Waals surface area (Å²) in [7, 11) is 0. The summed E-state index contributed by atoms with van der Waals surface area (Å²) in [6.07, 6.45) is 6.34. The number of fused-ring (bicyclic) bond motifs is 2. The maximum absolute atomic E-state index is 14.8. The van der Waals surface area contributed by atoms with E-state index in [9.17, 15) is 19.5 Å². The molecule has 11 heteroatoms. The van der Waals surface area contributed by atoms with Gasteiger partial charge in [-0.2, -0.15) is 0 Å². The van der Waals surface area contributed by atoms with Gasteiger partial charge in [-0.3, -0.25) is 14.4 Å². The highest BCUT2D eigenvalue weighted by Crippen LogP contribution is 2.64. The van der Waals surface area contributed by atoms with Crippen molar-refractivity contribution in [2.45, 2.75) is 82.8 Å². The summed E-state index contributed by atoms with van der Waals surface area (Å²) in [4.78, 5) is 46.0. The quantitative estimate of drug-likeness (QED) is 0.201. The van der Waals surface area contributed by atoms with E-state index >= 15 is 0 Å². The molecule has 1 spiro atoms. The number of allylic oxidation sites excluding steroid dienone is 1. The monoisotopic (exact) mass is 593 g/mol. The van der Waals surface area contributed by atoms with Crippen LogP contribution in [0, 0.1) is 17.8 Å². The molecule has 1 N–H and O–H groups in total. The lowest BCUT2D eigenvalue weighted by molar-refractivity contribution is -0.163. The van der Waals surface area contributed by atoms with Crippen LogP contribution >= 0.6 is 0 Å². The van der Waals surface area contributed by atoms with Crippen molar-refractivity contribution in [3.05, 3.63) is 49.6 Å². The molecule has 2 amide bonds. The average molecular weight is 594 g/mol. The molecule has 2 aromatic rings. The number of hydrogen-bond donors (Lipinski definition) is 1. The van der Waals surface area contributed by atoms with Crippen LogP contribution in [-0.4, -0.2) is 90.7 Å². The van der Waals surface area contributed by atoms with Gasteiger partial charge in [0.05, 0.1) is 36.3 Å². The molecule has 1 aromatic carbocycles. The fourth-order valence-corrected chi connectivity index (χ4v) is 7.39. The molecule has 3 fully saturated rings. The molecular weight excluding hydrogens is 550 g/mol. The smallest absolute Gasteiger partial charge is 0.312 e. The van der Waals surface area contributed by atoms with Crippen molar-refractivity contribution in [3.63, 3.8) is 0 Å². The summed E-state index contributed by atoms with van der Waals surface area (Å²) in [5, 5.41) is 19.1. The molecule has 3 aliphatic heterocycles. The van der Waals surface area contributed by atoms with Gasteiger partial charge < -0.3 is 24.4 Å². The summed E-state index contributed by atoms with van der Waals surface area (Å²) >= 11 is 0. The highest BCUT2D eigenvalue weighted by Gasteiger charge is 2.79.